The molecule has 1 rings (SSSR count). The van der Waals surface area contributed by atoms with Crippen molar-refractivity contribution in [1.82, 2.24) is 0 Å². The summed E-state index contributed by atoms with van der Waals surface area (Å²) in [6.45, 7) is 4.62. The van der Waals surface area contributed by atoms with Gasteiger partial charge >= 0.3 is 0 Å². The van der Waals surface area contributed by atoms with Crippen LogP contribution in [0, 0.1) is 0 Å². The molecule has 0 bridgehead atoms. The fraction of sp³-hybridized carbons (Fsp3) is 0.893. The van der Waals surface area contributed by atoms with Gasteiger partial charge in [0.15, 0.2) is 5.90 Å². The molecular formula is C28H53NO2. The first-order valence-corrected chi connectivity index (χ1v) is 13.8. The first-order chi connectivity index (χ1) is 15.3. The van der Waals surface area contributed by atoms with Gasteiger partial charge in [-0.15, -0.1) is 0 Å². The van der Waals surface area contributed by atoms with Crippen molar-refractivity contribution in [2.75, 3.05) is 6.61 Å². The van der Waals surface area contributed by atoms with Gasteiger partial charge < -0.3 is 9.84 Å². The summed E-state index contributed by atoms with van der Waals surface area (Å²) in [4.78, 5) is 4.61. The van der Waals surface area contributed by atoms with E-state index in [2.05, 4.69) is 31.0 Å². The smallest absolute Gasteiger partial charge is 0.184 e. The highest BCUT2D eigenvalue weighted by molar-refractivity contribution is 5.78. The number of hydrogen-bond acceptors (Lipinski definition) is 3. The lowest BCUT2D eigenvalue weighted by Crippen LogP contribution is -2.23. The Bertz CT molecular complexity index is 446. The van der Waals surface area contributed by atoms with Crippen LogP contribution in [0.25, 0.3) is 0 Å². The molecule has 0 amide bonds. The van der Waals surface area contributed by atoms with Crippen molar-refractivity contribution in [3.8, 4) is 0 Å². The maximum Gasteiger partial charge on any atom is 0.184 e. The van der Waals surface area contributed by atoms with Crippen molar-refractivity contribution >= 4 is 5.90 Å². The second-order valence-electron chi connectivity index (χ2n) is 9.48. The Balaban J connectivity index is 2.00. The Morgan fingerprint density at radius 3 is 1.71 bits per heavy atom. The molecule has 0 saturated carbocycles. The number of aliphatic imine (C=N–C) groups is 1. The highest BCUT2D eigenvalue weighted by atomic mass is 16.5. The van der Waals surface area contributed by atoms with Crippen LogP contribution in [0.3, 0.4) is 0 Å². The van der Waals surface area contributed by atoms with Crippen LogP contribution in [-0.2, 0) is 4.74 Å². The Morgan fingerprint density at radius 1 is 0.710 bits per heavy atom. The quantitative estimate of drug-likeness (QED) is 0.137. The molecule has 1 aliphatic rings. The summed E-state index contributed by atoms with van der Waals surface area (Å²) in [6.07, 6.45) is 30.7. The number of hydrogen-bond donors (Lipinski definition) is 1. The molecule has 0 aromatic carbocycles. The average Bonchev–Trinajstić information content (AvgIpc) is 3.18. The van der Waals surface area contributed by atoms with E-state index in [-0.39, 0.29) is 18.8 Å². The van der Waals surface area contributed by atoms with Gasteiger partial charge in [0.05, 0.1) is 6.61 Å². The van der Waals surface area contributed by atoms with Crippen molar-refractivity contribution in [3.63, 3.8) is 0 Å². The normalized spacial score (nSPS) is 18.6. The number of rotatable bonds is 22. The van der Waals surface area contributed by atoms with Crippen LogP contribution in [-0.4, -0.2) is 29.8 Å². The summed E-state index contributed by atoms with van der Waals surface area (Å²) in [5.74, 6) is 0.858. The maximum absolute atomic E-state index is 9.63. The minimum absolute atomic E-state index is 0.0581. The van der Waals surface area contributed by atoms with Gasteiger partial charge in [-0.05, 0) is 25.3 Å². The van der Waals surface area contributed by atoms with E-state index in [0.29, 0.717) is 0 Å². The summed E-state index contributed by atoms with van der Waals surface area (Å²) in [5, 5.41) is 9.63. The van der Waals surface area contributed by atoms with Crippen LogP contribution in [0.2, 0.25) is 0 Å². The highest BCUT2D eigenvalue weighted by Crippen LogP contribution is 2.19. The molecule has 0 aromatic heterocycles. The zero-order valence-corrected chi connectivity index (χ0v) is 21.0. The lowest BCUT2D eigenvalue weighted by Gasteiger charge is -2.11. The largest absolute Gasteiger partial charge is 0.471 e. The SMILES string of the molecule is CCCCCCCCCCCCC/C=C/[C@H]1OC(CCCCCCCCC)=N[C@@H]1CO. The van der Waals surface area contributed by atoms with Gasteiger partial charge in [0.1, 0.15) is 12.1 Å². The summed E-state index contributed by atoms with van der Waals surface area (Å²) >= 11 is 0. The molecule has 0 saturated heterocycles. The molecule has 31 heavy (non-hydrogen) atoms. The molecule has 1 N–H and O–H groups in total. The van der Waals surface area contributed by atoms with Gasteiger partial charge in [-0.3, -0.25) is 0 Å². The molecule has 0 aliphatic carbocycles. The van der Waals surface area contributed by atoms with Crippen LogP contribution < -0.4 is 0 Å². The lowest BCUT2D eigenvalue weighted by atomic mass is 10.0. The predicted octanol–water partition coefficient (Wildman–Crippen LogP) is 8.54. The van der Waals surface area contributed by atoms with Crippen LogP contribution in [0.15, 0.2) is 17.1 Å². The van der Waals surface area contributed by atoms with E-state index in [1.807, 2.05) is 0 Å². The van der Waals surface area contributed by atoms with E-state index in [4.69, 9.17) is 4.74 Å². The second-order valence-corrected chi connectivity index (χ2v) is 9.48. The van der Waals surface area contributed by atoms with Gasteiger partial charge in [-0.1, -0.05) is 123 Å². The predicted molar refractivity (Wildman–Crippen MR) is 136 cm³/mol. The molecule has 182 valence electrons. The van der Waals surface area contributed by atoms with E-state index in [9.17, 15) is 5.11 Å². The van der Waals surface area contributed by atoms with Gasteiger partial charge in [0.2, 0.25) is 0 Å². The molecule has 0 fully saturated rings. The molecule has 0 radical (unpaired) electrons. The molecule has 1 aliphatic heterocycles. The van der Waals surface area contributed by atoms with Crippen LogP contribution >= 0.6 is 0 Å². The number of aliphatic hydroxyl groups excluding tert-OH is 1. The molecule has 0 spiro atoms. The average molecular weight is 436 g/mol. The topological polar surface area (TPSA) is 41.8 Å². The molecular weight excluding hydrogens is 382 g/mol. The van der Waals surface area contributed by atoms with Crippen molar-refractivity contribution in [3.05, 3.63) is 12.2 Å². The van der Waals surface area contributed by atoms with E-state index < -0.39 is 0 Å². The molecule has 3 nitrogen and oxygen atoms in total. The standard InChI is InChI=1S/C28H53NO2/c1-3-5-7-9-11-12-13-14-15-16-18-19-21-23-27-26(25-30)29-28(31-27)24-22-20-17-10-8-6-4-2/h21,23,26-27,30H,3-20,22,24-25H2,1-2H3/b23-21+/t26-,27-/m1/s1. The van der Waals surface area contributed by atoms with E-state index in [0.717, 1.165) is 25.2 Å². The van der Waals surface area contributed by atoms with Crippen LogP contribution in [0.4, 0.5) is 0 Å². The third-order valence-electron chi connectivity index (χ3n) is 6.44. The van der Waals surface area contributed by atoms with Gasteiger partial charge in [0, 0.05) is 6.42 Å². The monoisotopic (exact) mass is 435 g/mol. The highest BCUT2D eigenvalue weighted by Gasteiger charge is 2.27. The first-order valence-electron chi connectivity index (χ1n) is 13.8. The van der Waals surface area contributed by atoms with Gasteiger partial charge in [-0.25, -0.2) is 4.99 Å². The Morgan fingerprint density at radius 2 is 1.19 bits per heavy atom. The Labute approximate surface area is 194 Å². The molecule has 0 unspecified atom stereocenters. The summed E-state index contributed by atoms with van der Waals surface area (Å²) in [6, 6.07) is -0.104. The number of allylic oxidation sites excluding steroid dienone is 1. The molecule has 2 atom stereocenters. The zero-order chi connectivity index (χ0) is 22.4. The summed E-state index contributed by atoms with van der Waals surface area (Å²) in [5.41, 5.74) is 0. The second kappa shape index (κ2) is 21.0. The zero-order valence-electron chi connectivity index (χ0n) is 21.0. The Kier molecular flexibility index (Phi) is 19.1. The van der Waals surface area contributed by atoms with Crippen molar-refractivity contribution < 1.29 is 9.84 Å². The minimum atomic E-state index is -0.104. The van der Waals surface area contributed by atoms with E-state index >= 15 is 0 Å². The Hall–Kier alpha value is -0.830. The van der Waals surface area contributed by atoms with Crippen molar-refractivity contribution in [1.29, 1.82) is 0 Å². The maximum atomic E-state index is 9.63. The molecule has 1 heterocycles. The van der Waals surface area contributed by atoms with Gasteiger partial charge in [-0.2, -0.15) is 0 Å². The van der Waals surface area contributed by atoms with Crippen molar-refractivity contribution in [2.45, 2.75) is 154 Å². The minimum Gasteiger partial charge on any atom is -0.471 e. The van der Waals surface area contributed by atoms with Crippen molar-refractivity contribution in [2.24, 2.45) is 4.99 Å². The third kappa shape index (κ3) is 15.6. The van der Waals surface area contributed by atoms with Crippen LogP contribution in [0.1, 0.15) is 142 Å². The lowest BCUT2D eigenvalue weighted by molar-refractivity contribution is 0.181. The van der Waals surface area contributed by atoms with Crippen LogP contribution in [0.5, 0.6) is 0 Å². The van der Waals surface area contributed by atoms with E-state index in [1.165, 1.54) is 109 Å². The van der Waals surface area contributed by atoms with Gasteiger partial charge in [0.25, 0.3) is 0 Å². The fourth-order valence-electron chi connectivity index (χ4n) is 4.35. The fourth-order valence-corrected chi connectivity index (χ4v) is 4.35. The number of aliphatic hydroxyl groups is 1. The molecule has 3 heteroatoms. The number of ether oxygens (including phenoxy) is 1. The molecule has 0 aromatic rings. The van der Waals surface area contributed by atoms with E-state index in [1.54, 1.807) is 0 Å². The third-order valence-corrected chi connectivity index (χ3v) is 6.44. The summed E-state index contributed by atoms with van der Waals surface area (Å²) in [7, 11) is 0. The first kappa shape index (κ1) is 28.2. The summed E-state index contributed by atoms with van der Waals surface area (Å²) < 4.78 is 6.02. The number of unbranched alkanes of at least 4 members (excludes halogenated alkanes) is 17. The number of nitrogens with zero attached hydrogens (tertiary/aromatic N) is 1.